The number of pyridine rings is 1. The fraction of sp³-hybridized carbons (Fsp3) is 0.480. The molecule has 3 N–H and O–H groups in total. The Morgan fingerprint density at radius 2 is 1.91 bits per heavy atom. The maximum Gasteiger partial charge on any atom is 0.251 e. The van der Waals surface area contributed by atoms with Gasteiger partial charge in [0.05, 0.1) is 16.5 Å². The zero-order valence-corrected chi connectivity index (χ0v) is 21.6. The van der Waals surface area contributed by atoms with Crippen LogP contribution in [0.1, 0.15) is 50.0 Å². The van der Waals surface area contributed by atoms with E-state index in [1.165, 1.54) is 6.26 Å². The molecule has 0 radical (unpaired) electrons. The third kappa shape index (κ3) is 5.18. The van der Waals surface area contributed by atoms with Crippen LogP contribution in [0.4, 0.5) is 5.82 Å². The summed E-state index contributed by atoms with van der Waals surface area (Å²) in [5.41, 5.74) is 5.86. The topological polar surface area (TPSA) is 120 Å². The molecular weight excluding hydrogens is 466 g/mol. The molecule has 3 unspecified atom stereocenters. The largest absolute Gasteiger partial charge is 0.353 e. The predicted molar refractivity (Wildman–Crippen MR) is 134 cm³/mol. The lowest BCUT2D eigenvalue weighted by atomic mass is 9.84. The minimum absolute atomic E-state index is 0.0317. The molecule has 1 fully saturated rings. The minimum Gasteiger partial charge on any atom is -0.353 e. The number of carbonyl (C=O) groups excluding carboxylic acids is 2. The standard InChI is InChI=1S/C25H33N5O4S/c1-14(2)30-23-21(13-27-30)19(24(31)26-12-20-15(3)10-16(4)28-25(20)32)11-22(29-23)17-6-8-18(9-7-17)35(5,33)34/h6-9,11,14-16,20,27H,10,12-13H2,1-5H3,(H,26,31)(H,28,32). The van der Waals surface area contributed by atoms with Gasteiger partial charge in [0.1, 0.15) is 5.82 Å². The molecule has 0 saturated carbocycles. The van der Waals surface area contributed by atoms with Crippen LogP contribution in [-0.2, 0) is 21.2 Å². The highest BCUT2D eigenvalue weighted by Gasteiger charge is 2.33. The van der Waals surface area contributed by atoms with Gasteiger partial charge in [0, 0.05) is 48.1 Å². The Morgan fingerprint density at radius 1 is 1.23 bits per heavy atom. The number of benzene rings is 1. The SMILES string of the molecule is CC1CC(C)C(CNC(=O)c2cc(-c3ccc(S(C)(=O)=O)cc3)nc3c2CNN3C(C)C)C(=O)N1. The second-order valence-corrected chi connectivity index (χ2v) is 11.9. The van der Waals surface area contributed by atoms with Crippen molar-refractivity contribution in [1.82, 2.24) is 21.0 Å². The summed E-state index contributed by atoms with van der Waals surface area (Å²) < 4.78 is 23.7. The van der Waals surface area contributed by atoms with Gasteiger partial charge in [-0.2, -0.15) is 0 Å². The van der Waals surface area contributed by atoms with Gasteiger partial charge in [-0.3, -0.25) is 14.6 Å². The smallest absolute Gasteiger partial charge is 0.251 e. The average Bonchev–Trinajstić information content (AvgIpc) is 3.21. The fourth-order valence-corrected chi connectivity index (χ4v) is 5.43. The van der Waals surface area contributed by atoms with Crippen LogP contribution in [0.25, 0.3) is 11.3 Å². The van der Waals surface area contributed by atoms with Gasteiger partial charge >= 0.3 is 0 Å². The Hall–Kier alpha value is -2.98. The van der Waals surface area contributed by atoms with E-state index in [9.17, 15) is 18.0 Å². The Morgan fingerprint density at radius 3 is 2.51 bits per heavy atom. The molecule has 2 amide bonds. The van der Waals surface area contributed by atoms with Crippen molar-refractivity contribution in [3.8, 4) is 11.3 Å². The zero-order valence-electron chi connectivity index (χ0n) is 20.8. The lowest BCUT2D eigenvalue weighted by molar-refractivity contribution is -0.129. The summed E-state index contributed by atoms with van der Waals surface area (Å²) in [4.78, 5) is 30.9. The summed E-state index contributed by atoms with van der Waals surface area (Å²) in [7, 11) is -3.32. The molecule has 2 aliphatic rings. The molecule has 0 bridgehead atoms. The van der Waals surface area contributed by atoms with Crippen LogP contribution in [0.5, 0.6) is 0 Å². The lowest BCUT2D eigenvalue weighted by Gasteiger charge is -2.32. The number of carbonyl (C=O) groups is 2. The molecule has 2 aliphatic heterocycles. The second-order valence-electron chi connectivity index (χ2n) is 9.89. The number of hydrogen-bond acceptors (Lipinski definition) is 7. The van der Waals surface area contributed by atoms with Gasteiger partial charge in [-0.25, -0.2) is 18.8 Å². The van der Waals surface area contributed by atoms with E-state index in [2.05, 4.69) is 16.1 Å². The number of hydrazine groups is 1. The molecule has 10 heteroatoms. The van der Waals surface area contributed by atoms with Gasteiger partial charge in [-0.05, 0) is 51.3 Å². The first-order valence-electron chi connectivity index (χ1n) is 11.9. The van der Waals surface area contributed by atoms with Crippen molar-refractivity contribution in [3.63, 3.8) is 0 Å². The highest BCUT2D eigenvalue weighted by molar-refractivity contribution is 7.90. The minimum atomic E-state index is -3.32. The molecule has 35 heavy (non-hydrogen) atoms. The Balaban J connectivity index is 1.66. The van der Waals surface area contributed by atoms with Gasteiger partial charge in [0.15, 0.2) is 9.84 Å². The van der Waals surface area contributed by atoms with E-state index >= 15 is 0 Å². The van der Waals surface area contributed by atoms with Crippen LogP contribution < -0.4 is 21.1 Å². The molecule has 2 aromatic rings. The second kappa shape index (κ2) is 9.58. The third-order valence-corrected chi connectivity index (χ3v) is 7.84. The van der Waals surface area contributed by atoms with E-state index in [1.807, 2.05) is 32.7 Å². The quantitative estimate of drug-likeness (QED) is 0.558. The van der Waals surface area contributed by atoms with Crippen LogP contribution in [0, 0.1) is 11.8 Å². The Labute approximate surface area is 206 Å². The van der Waals surface area contributed by atoms with E-state index in [0.29, 0.717) is 29.2 Å². The number of piperidine rings is 1. The molecule has 0 spiro atoms. The Bertz CT molecular complexity index is 1240. The summed E-state index contributed by atoms with van der Waals surface area (Å²) in [5, 5.41) is 7.87. The van der Waals surface area contributed by atoms with Crippen molar-refractivity contribution in [2.75, 3.05) is 17.8 Å². The van der Waals surface area contributed by atoms with E-state index in [0.717, 1.165) is 12.0 Å². The Kier molecular flexibility index (Phi) is 6.88. The average molecular weight is 500 g/mol. The van der Waals surface area contributed by atoms with Crippen LogP contribution in [0.15, 0.2) is 35.2 Å². The number of hydrogen-bond donors (Lipinski definition) is 3. The van der Waals surface area contributed by atoms with Gasteiger partial charge in [0.25, 0.3) is 5.91 Å². The molecule has 9 nitrogen and oxygen atoms in total. The first kappa shape index (κ1) is 25.1. The van der Waals surface area contributed by atoms with Crippen molar-refractivity contribution >= 4 is 27.5 Å². The molecule has 188 valence electrons. The van der Waals surface area contributed by atoms with Crippen LogP contribution in [-0.4, -0.2) is 50.1 Å². The summed E-state index contributed by atoms with van der Waals surface area (Å²) in [5.74, 6) is 0.273. The van der Waals surface area contributed by atoms with E-state index in [-0.39, 0.29) is 47.2 Å². The van der Waals surface area contributed by atoms with Gasteiger partial charge in [-0.1, -0.05) is 19.1 Å². The summed E-state index contributed by atoms with van der Waals surface area (Å²) >= 11 is 0. The lowest BCUT2D eigenvalue weighted by Crippen LogP contribution is -2.50. The van der Waals surface area contributed by atoms with Gasteiger partial charge in [-0.15, -0.1) is 0 Å². The zero-order chi connectivity index (χ0) is 25.5. The molecule has 1 aromatic carbocycles. The number of nitrogens with zero attached hydrogens (tertiary/aromatic N) is 2. The molecule has 1 aromatic heterocycles. The predicted octanol–water partition coefficient (Wildman–Crippen LogP) is 2.28. The van der Waals surface area contributed by atoms with Crippen molar-refractivity contribution in [1.29, 1.82) is 0 Å². The molecule has 4 rings (SSSR count). The van der Waals surface area contributed by atoms with Crippen molar-refractivity contribution in [2.24, 2.45) is 11.8 Å². The normalized spacial score (nSPS) is 22.2. The number of amides is 2. The van der Waals surface area contributed by atoms with E-state index < -0.39 is 9.84 Å². The maximum atomic E-state index is 13.4. The van der Waals surface area contributed by atoms with E-state index in [1.54, 1.807) is 30.3 Å². The molecule has 0 aliphatic carbocycles. The maximum absolute atomic E-state index is 13.4. The summed E-state index contributed by atoms with van der Waals surface area (Å²) in [6.07, 6.45) is 2.04. The molecule has 3 heterocycles. The number of nitrogens with one attached hydrogen (secondary N) is 3. The third-order valence-electron chi connectivity index (χ3n) is 6.72. The highest BCUT2D eigenvalue weighted by atomic mass is 32.2. The van der Waals surface area contributed by atoms with Crippen molar-refractivity contribution in [2.45, 2.75) is 57.6 Å². The van der Waals surface area contributed by atoms with Gasteiger partial charge < -0.3 is 10.6 Å². The number of rotatable bonds is 6. The van der Waals surface area contributed by atoms with Crippen LogP contribution in [0.3, 0.4) is 0 Å². The molecule has 1 saturated heterocycles. The molecular formula is C25H33N5O4S. The first-order valence-corrected chi connectivity index (χ1v) is 13.8. The number of aromatic nitrogens is 1. The summed E-state index contributed by atoms with van der Waals surface area (Å²) in [6, 6.07) is 8.47. The first-order chi connectivity index (χ1) is 16.5. The number of anilines is 1. The summed E-state index contributed by atoms with van der Waals surface area (Å²) in [6.45, 7) is 8.81. The van der Waals surface area contributed by atoms with Gasteiger partial charge in [0.2, 0.25) is 5.91 Å². The fourth-order valence-electron chi connectivity index (χ4n) is 4.80. The highest BCUT2D eigenvalue weighted by Crippen LogP contribution is 2.32. The van der Waals surface area contributed by atoms with Crippen LogP contribution >= 0.6 is 0 Å². The number of sulfone groups is 1. The van der Waals surface area contributed by atoms with Crippen molar-refractivity contribution < 1.29 is 18.0 Å². The monoisotopic (exact) mass is 499 g/mol. The van der Waals surface area contributed by atoms with Crippen LogP contribution in [0.2, 0.25) is 0 Å². The number of fused-ring (bicyclic) bond motifs is 1. The van der Waals surface area contributed by atoms with E-state index in [4.69, 9.17) is 4.98 Å². The van der Waals surface area contributed by atoms with Crippen molar-refractivity contribution in [3.05, 3.63) is 41.5 Å². The molecule has 3 atom stereocenters.